The number of nitrogens with zero attached hydrogens (tertiary/aromatic N) is 3. The van der Waals surface area contributed by atoms with Gasteiger partial charge in [-0.3, -0.25) is 4.98 Å². The highest BCUT2D eigenvalue weighted by atomic mass is 14.9. The van der Waals surface area contributed by atoms with Gasteiger partial charge in [-0.25, -0.2) is 9.97 Å². The third kappa shape index (κ3) is 4.41. The Hall–Kier alpha value is -6.19. The molecule has 0 N–H and O–H groups in total. The molecule has 2 heterocycles. The van der Waals surface area contributed by atoms with Crippen molar-refractivity contribution in [1.82, 2.24) is 15.0 Å². The molecule has 0 fully saturated rings. The van der Waals surface area contributed by atoms with Gasteiger partial charge in [-0.1, -0.05) is 133 Å². The molecular formula is C43H27N3. The second-order valence-electron chi connectivity index (χ2n) is 11.6. The van der Waals surface area contributed by atoms with Gasteiger partial charge in [0.1, 0.15) is 0 Å². The van der Waals surface area contributed by atoms with Crippen LogP contribution in [-0.4, -0.2) is 15.0 Å². The van der Waals surface area contributed by atoms with Gasteiger partial charge in [0.05, 0.1) is 16.9 Å². The summed E-state index contributed by atoms with van der Waals surface area (Å²) < 4.78 is 0. The predicted octanol–water partition coefficient (Wildman–Crippen LogP) is 11.2. The van der Waals surface area contributed by atoms with Crippen molar-refractivity contribution in [2.75, 3.05) is 0 Å². The Bertz CT molecular complexity index is 2570. The van der Waals surface area contributed by atoms with Crippen molar-refractivity contribution in [1.29, 1.82) is 0 Å². The summed E-state index contributed by atoms with van der Waals surface area (Å²) in [6.45, 7) is 0. The fourth-order valence-electron chi connectivity index (χ4n) is 6.69. The molecule has 0 aliphatic rings. The molecule has 0 saturated heterocycles. The van der Waals surface area contributed by atoms with Crippen molar-refractivity contribution in [3.63, 3.8) is 0 Å². The van der Waals surface area contributed by atoms with Crippen LogP contribution in [0.25, 0.3) is 88.2 Å². The summed E-state index contributed by atoms with van der Waals surface area (Å²) in [6, 6.07) is 55.5. The summed E-state index contributed by atoms with van der Waals surface area (Å²) in [5.74, 6) is 0.720. The second-order valence-corrected chi connectivity index (χ2v) is 11.6. The number of pyridine rings is 1. The SMILES string of the molecule is c1ccc(-c2cc(-c3ccc(-c4ccnc5ccccc45)cc3)nc(-c3c4ccccc4cc4c3ccc3ccccc34)n2)cc1. The van der Waals surface area contributed by atoms with Crippen LogP contribution in [0, 0.1) is 0 Å². The molecule has 0 amide bonds. The normalized spacial score (nSPS) is 11.5. The zero-order valence-electron chi connectivity index (χ0n) is 24.9. The minimum absolute atomic E-state index is 0.720. The van der Waals surface area contributed by atoms with E-state index in [-0.39, 0.29) is 0 Å². The molecule has 0 saturated carbocycles. The van der Waals surface area contributed by atoms with E-state index in [2.05, 4.69) is 151 Å². The van der Waals surface area contributed by atoms with Crippen LogP contribution < -0.4 is 0 Å². The molecule has 9 rings (SSSR count). The Morgan fingerprint density at radius 3 is 1.80 bits per heavy atom. The molecular weight excluding hydrogens is 558 g/mol. The number of fused-ring (bicyclic) bond motifs is 5. The lowest BCUT2D eigenvalue weighted by Crippen LogP contribution is -1.98. The molecule has 3 nitrogen and oxygen atoms in total. The van der Waals surface area contributed by atoms with E-state index in [4.69, 9.17) is 9.97 Å². The van der Waals surface area contributed by atoms with E-state index in [1.54, 1.807) is 0 Å². The molecule has 3 heteroatoms. The fourth-order valence-corrected chi connectivity index (χ4v) is 6.69. The highest BCUT2D eigenvalue weighted by molar-refractivity contribution is 6.19. The van der Waals surface area contributed by atoms with Gasteiger partial charge in [0.15, 0.2) is 5.82 Å². The lowest BCUT2D eigenvalue weighted by Gasteiger charge is -2.15. The third-order valence-corrected chi connectivity index (χ3v) is 8.93. The first-order valence-electron chi connectivity index (χ1n) is 15.5. The van der Waals surface area contributed by atoms with Crippen LogP contribution in [0.15, 0.2) is 164 Å². The van der Waals surface area contributed by atoms with Crippen LogP contribution in [-0.2, 0) is 0 Å². The maximum atomic E-state index is 5.31. The highest BCUT2D eigenvalue weighted by Gasteiger charge is 2.17. The Kier molecular flexibility index (Phi) is 6.14. The van der Waals surface area contributed by atoms with E-state index in [0.717, 1.165) is 61.1 Å². The van der Waals surface area contributed by atoms with Gasteiger partial charge in [-0.2, -0.15) is 0 Å². The van der Waals surface area contributed by atoms with Crippen LogP contribution in [0.1, 0.15) is 0 Å². The predicted molar refractivity (Wildman–Crippen MR) is 192 cm³/mol. The first kappa shape index (κ1) is 26.2. The number of benzene rings is 7. The van der Waals surface area contributed by atoms with Gasteiger partial charge in [-0.05, 0) is 67.7 Å². The van der Waals surface area contributed by atoms with E-state index in [1.807, 2.05) is 18.3 Å². The van der Waals surface area contributed by atoms with Crippen LogP contribution in [0.3, 0.4) is 0 Å². The van der Waals surface area contributed by atoms with Crippen LogP contribution in [0.5, 0.6) is 0 Å². The quantitative estimate of drug-likeness (QED) is 0.152. The standard InChI is InChI=1S/C43H27N3/c1-2-11-30(12-3-1)40-27-41(31-20-18-29(19-21-31)34-24-25-44-39-17-9-8-16-36(34)39)46-43(45-40)42-35-15-7-5-13-32(35)26-38-33-14-6-4-10-28(33)22-23-37(38)42/h1-27H. The van der Waals surface area contributed by atoms with Crippen LogP contribution in [0.2, 0.25) is 0 Å². The summed E-state index contributed by atoms with van der Waals surface area (Å²) in [6.07, 6.45) is 1.88. The van der Waals surface area contributed by atoms with Crippen molar-refractivity contribution in [2.24, 2.45) is 0 Å². The minimum Gasteiger partial charge on any atom is -0.256 e. The van der Waals surface area contributed by atoms with Crippen molar-refractivity contribution in [3.05, 3.63) is 164 Å². The molecule has 0 spiro atoms. The Morgan fingerprint density at radius 2 is 1.00 bits per heavy atom. The third-order valence-electron chi connectivity index (χ3n) is 8.93. The van der Waals surface area contributed by atoms with Gasteiger partial charge < -0.3 is 0 Å². The lowest BCUT2D eigenvalue weighted by atomic mass is 9.92. The molecule has 0 atom stereocenters. The molecule has 2 aromatic heterocycles. The molecule has 0 unspecified atom stereocenters. The number of para-hydroxylation sites is 1. The zero-order chi connectivity index (χ0) is 30.5. The van der Waals surface area contributed by atoms with Gasteiger partial charge in [-0.15, -0.1) is 0 Å². The molecule has 46 heavy (non-hydrogen) atoms. The summed E-state index contributed by atoms with van der Waals surface area (Å²) >= 11 is 0. The van der Waals surface area contributed by atoms with Gasteiger partial charge in [0.2, 0.25) is 0 Å². The molecule has 0 aliphatic carbocycles. The van der Waals surface area contributed by atoms with E-state index in [0.29, 0.717) is 0 Å². The lowest BCUT2D eigenvalue weighted by molar-refractivity contribution is 1.19. The Labute approximate surface area is 266 Å². The zero-order valence-corrected chi connectivity index (χ0v) is 24.9. The number of rotatable bonds is 4. The first-order chi connectivity index (χ1) is 22.8. The summed E-state index contributed by atoms with van der Waals surface area (Å²) in [7, 11) is 0. The average molecular weight is 586 g/mol. The van der Waals surface area contributed by atoms with Gasteiger partial charge >= 0.3 is 0 Å². The maximum absolute atomic E-state index is 5.31. The van der Waals surface area contributed by atoms with Crippen molar-refractivity contribution in [3.8, 4) is 45.0 Å². The van der Waals surface area contributed by atoms with Gasteiger partial charge in [0.25, 0.3) is 0 Å². The van der Waals surface area contributed by atoms with Crippen LogP contribution >= 0.6 is 0 Å². The number of hydrogen-bond acceptors (Lipinski definition) is 3. The molecule has 7 aromatic carbocycles. The smallest absolute Gasteiger partial charge is 0.161 e. The molecule has 9 aromatic rings. The van der Waals surface area contributed by atoms with E-state index in [9.17, 15) is 0 Å². The Morgan fingerprint density at radius 1 is 0.370 bits per heavy atom. The maximum Gasteiger partial charge on any atom is 0.161 e. The monoisotopic (exact) mass is 585 g/mol. The largest absolute Gasteiger partial charge is 0.256 e. The van der Waals surface area contributed by atoms with E-state index < -0.39 is 0 Å². The molecule has 0 bridgehead atoms. The topological polar surface area (TPSA) is 38.7 Å². The average Bonchev–Trinajstić information content (AvgIpc) is 3.14. The second kappa shape index (κ2) is 10.8. The molecule has 0 aliphatic heterocycles. The van der Waals surface area contributed by atoms with Crippen molar-refractivity contribution < 1.29 is 0 Å². The van der Waals surface area contributed by atoms with Crippen molar-refractivity contribution in [2.45, 2.75) is 0 Å². The Balaban J connectivity index is 1.28. The van der Waals surface area contributed by atoms with Crippen molar-refractivity contribution >= 4 is 43.2 Å². The summed E-state index contributed by atoms with van der Waals surface area (Å²) in [4.78, 5) is 15.1. The minimum atomic E-state index is 0.720. The number of aromatic nitrogens is 3. The summed E-state index contributed by atoms with van der Waals surface area (Å²) in [5, 5.41) is 8.25. The van der Waals surface area contributed by atoms with Crippen LogP contribution in [0.4, 0.5) is 0 Å². The van der Waals surface area contributed by atoms with E-state index >= 15 is 0 Å². The van der Waals surface area contributed by atoms with Gasteiger partial charge in [0, 0.05) is 28.3 Å². The molecule has 214 valence electrons. The van der Waals surface area contributed by atoms with E-state index in [1.165, 1.54) is 27.1 Å². The fraction of sp³-hybridized carbons (Fsp3) is 0. The molecule has 0 radical (unpaired) electrons. The highest BCUT2D eigenvalue weighted by Crippen LogP contribution is 2.39. The first-order valence-corrected chi connectivity index (χ1v) is 15.5. The number of hydrogen-bond donors (Lipinski definition) is 0. The summed E-state index contributed by atoms with van der Waals surface area (Å²) in [5.41, 5.74) is 8.24.